The van der Waals surface area contributed by atoms with Gasteiger partial charge in [-0.05, 0) is 48.4 Å². The molecule has 0 unspecified atom stereocenters. The lowest BCUT2D eigenvalue weighted by molar-refractivity contribution is 0.579. The molecule has 0 atom stereocenters. The van der Waals surface area contributed by atoms with Crippen LogP contribution in [0.4, 0.5) is 4.39 Å². The smallest absolute Gasteiger partial charge is 0.240 e. The third-order valence-corrected chi connectivity index (χ3v) is 5.22. The van der Waals surface area contributed by atoms with Crippen molar-refractivity contribution in [2.45, 2.75) is 18.4 Å². The normalized spacial score (nSPS) is 11.6. The van der Waals surface area contributed by atoms with Crippen LogP contribution < -0.4 is 4.72 Å². The molecule has 0 aliphatic carbocycles. The molecule has 0 saturated carbocycles. The van der Waals surface area contributed by atoms with Crippen molar-refractivity contribution < 1.29 is 12.8 Å². The third-order valence-electron chi connectivity index (χ3n) is 3.82. The Morgan fingerprint density at radius 1 is 1.20 bits per heavy atom. The Balaban J connectivity index is 1.79. The Morgan fingerprint density at radius 3 is 2.68 bits per heavy atom. The number of nitrogens with zero attached hydrogens (tertiary/aromatic N) is 3. The second kappa shape index (κ2) is 6.73. The minimum atomic E-state index is -3.73. The zero-order valence-corrected chi connectivity index (χ0v) is 14.6. The maximum Gasteiger partial charge on any atom is 0.240 e. The highest BCUT2D eigenvalue weighted by atomic mass is 32.2. The average Bonchev–Trinajstić information content (AvgIpc) is 3.02. The van der Waals surface area contributed by atoms with Gasteiger partial charge in [0.25, 0.3) is 0 Å². The van der Waals surface area contributed by atoms with E-state index in [0.717, 1.165) is 17.3 Å². The molecular formula is C17H17FN4O2S. The zero-order valence-electron chi connectivity index (χ0n) is 13.8. The SMILES string of the molecule is Cc1cc(S(=O)(=O)NCc2cncc(-c3ccnn3C)c2)ccc1F. The minimum Gasteiger partial charge on any atom is -0.268 e. The summed E-state index contributed by atoms with van der Waals surface area (Å²) in [6.45, 7) is 1.60. The number of hydrogen-bond donors (Lipinski definition) is 1. The van der Waals surface area contributed by atoms with Gasteiger partial charge < -0.3 is 0 Å². The van der Waals surface area contributed by atoms with Crippen LogP contribution in [0, 0.1) is 12.7 Å². The largest absolute Gasteiger partial charge is 0.268 e. The highest BCUT2D eigenvalue weighted by Crippen LogP contribution is 2.19. The third kappa shape index (κ3) is 3.75. The van der Waals surface area contributed by atoms with Gasteiger partial charge in [0.1, 0.15) is 5.82 Å². The first-order chi connectivity index (χ1) is 11.9. The molecule has 3 rings (SSSR count). The molecule has 0 amide bonds. The molecule has 8 heteroatoms. The number of aryl methyl sites for hydroxylation is 2. The quantitative estimate of drug-likeness (QED) is 0.758. The van der Waals surface area contributed by atoms with E-state index in [1.807, 2.05) is 19.2 Å². The lowest BCUT2D eigenvalue weighted by Gasteiger charge is -2.09. The Kier molecular flexibility index (Phi) is 4.65. The number of nitrogens with one attached hydrogen (secondary N) is 1. The van der Waals surface area contributed by atoms with Crippen LogP contribution in [0.1, 0.15) is 11.1 Å². The van der Waals surface area contributed by atoms with E-state index in [2.05, 4.69) is 14.8 Å². The summed E-state index contributed by atoms with van der Waals surface area (Å²) in [5.41, 5.74) is 2.71. The second-order valence-corrected chi connectivity index (χ2v) is 7.42. The number of pyridine rings is 1. The summed E-state index contributed by atoms with van der Waals surface area (Å²) < 4.78 is 42.3. The van der Waals surface area contributed by atoms with Crippen molar-refractivity contribution >= 4 is 10.0 Å². The van der Waals surface area contributed by atoms with Crippen molar-refractivity contribution in [3.63, 3.8) is 0 Å². The molecule has 3 aromatic rings. The van der Waals surface area contributed by atoms with Gasteiger partial charge in [-0.3, -0.25) is 9.67 Å². The Hall–Kier alpha value is -2.58. The van der Waals surface area contributed by atoms with Crippen molar-refractivity contribution in [3.05, 3.63) is 65.9 Å². The molecule has 130 valence electrons. The Morgan fingerprint density at radius 2 is 2.00 bits per heavy atom. The van der Waals surface area contributed by atoms with Gasteiger partial charge in [-0.25, -0.2) is 17.5 Å². The van der Waals surface area contributed by atoms with Crippen LogP contribution in [0.2, 0.25) is 0 Å². The highest BCUT2D eigenvalue weighted by molar-refractivity contribution is 7.89. The van der Waals surface area contributed by atoms with Crippen molar-refractivity contribution in [3.8, 4) is 11.3 Å². The van der Waals surface area contributed by atoms with Gasteiger partial charge in [0.15, 0.2) is 0 Å². The van der Waals surface area contributed by atoms with Crippen LogP contribution in [0.15, 0.2) is 53.8 Å². The van der Waals surface area contributed by atoms with Crippen molar-refractivity contribution in [2.75, 3.05) is 0 Å². The molecule has 2 heterocycles. The summed E-state index contributed by atoms with van der Waals surface area (Å²) in [7, 11) is -1.91. The first kappa shape index (κ1) is 17.2. The molecule has 1 aromatic carbocycles. The standard InChI is InChI=1S/C17H17FN4O2S/c1-12-7-15(3-4-16(12)18)25(23,24)21-10-13-8-14(11-19-9-13)17-5-6-20-22(17)2/h3-9,11,21H,10H2,1-2H3. The van der Waals surface area contributed by atoms with E-state index >= 15 is 0 Å². The number of sulfonamides is 1. The molecule has 0 saturated heterocycles. The molecule has 6 nitrogen and oxygen atoms in total. The van der Waals surface area contributed by atoms with Crippen LogP contribution in [0.25, 0.3) is 11.3 Å². The van der Waals surface area contributed by atoms with Gasteiger partial charge in [-0.1, -0.05) is 0 Å². The summed E-state index contributed by atoms with van der Waals surface area (Å²) in [5, 5.41) is 4.11. The molecule has 0 fully saturated rings. The number of hydrogen-bond acceptors (Lipinski definition) is 4. The van der Waals surface area contributed by atoms with Gasteiger partial charge in [0.05, 0.1) is 10.6 Å². The predicted octanol–water partition coefficient (Wildman–Crippen LogP) is 2.41. The monoisotopic (exact) mass is 360 g/mol. The van der Waals surface area contributed by atoms with Crippen LogP contribution in [0.3, 0.4) is 0 Å². The van der Waals surface area contributed by atoms with E-state index in [1.54, 1.807) is 23.3 Å². The molecule has 2 aromatic heterocycles. The minimum absolute atomic E-state index is 0.0298. The number of benzene rings is 1. The second-order valence-electron chi connectivity index (χ2n) is 5.66. The van der Waals surface area contributed by atoms with Crippen molar-refractivity contribution in [2.24, 2.45) is 7.05 Å². The maximum absolute atomic E-state index is 13.3. The lowest BCUT2D eigenvalue weighted by Crippen LogP contribution is -2.23. The molecule has 0 aliphatic rings. The topological polar surface area (TPSA) is 76.9 Å². The fraction of sp³-hybridized carbons (Fsp3) is 0.176. The summed E-state index contributed by atoms with van der Waals surface area (Å²) in [6, 6.07) is 7.40. The van der Waals surface area contributed by atoms with E-state index < -0.39 is 15.8 Å². The summed E-state index contributed by atoms with van der Waals surface area (Å²) in [4.78, 5) is 4.19. The molecule has 0 bridgehead atoms. The first-order valence-electron chi connectivity index (χ1n) is 7.55. The van der Waals surface area contributed by atoms with Crippen molar-refractivity contribution in [1.29, 1.82) is 0 Å². The van der Waals surface area contributed by atoms with E-state index in [-0.39, 0.29) is 17.0 Å². The number of aromatic nitrogens is 3. The van der Waals surface area contributed by atoms with E-state index in [4.69, 9.17) is 0 Å². The van der Waals surface area contributed by atoms with Gasteiger partial charge in [0, 0.05) is 37.7 Å². The fourth-order valence-corrected chi connectivity index (χ4v) is 3.53. The van der Waals surface area contributed by atoms with Crippen LogP contribution >= 0.6 is 0 Å². The zero-order chi connectivity index (χ0) is 18.0. The van der Waals surface area contributed by atoms with Crippen LogP contribution in [0.5, 0.6) is 0 Å². The van der Waals surface area contributed by atoms with Crippen molar-refractivity contribution in [1.82, 2.24) is 19.5 Å². The molecule has 0 spiro atoms. The van der Waals surface area contributed by atoms with Gasteiger partial charge in [0.2, 0.25) is 10.0 Å². The summed E-state index contributed by atoms with van der Waals surface area (Å²) in [6.07, 6.45) is 4.97. The molecular weight excluding hydrogens is 343 g/mol. The highest BCUT2D eigenvalue weighted by Gasteiger charge is 2.15. The summed E-state index contributed by atoms with van der Waals surface area (Å²) in [5.74, 6) is -0.438. The van der Waals surface area contributed by atoms with Gasteiger partial charge in [-0.2, -0.15) is 5.10 Å². The molecule has 1 N–H and O–H groups in total. The van der Waals surface area contributed by atoms with Gasteiger partial charge >= 0.3 is 0 Å². The first-order valence-corrected chi connectivity index (χ1v) is 9.03. The average molecular weight is 360 g/mol. The molecule has 0 radical (unpaired) electrons. The van der Waals surface area contributed by atoms with Crippen LogP contribution in [-0.4, -0.2) is 23.2 Å². The Bertz CT molecular complexity index is 1010. The Labute approximate surface area is 145 Å². The maximum atomic E-state index is 13.3. The molecule has 25 heavy (non-hydrogen) atoms. The van der Waals surface area contributed by atoms with E-state index in [1.165, 1.54) is 19.1 Å². The predicted molar refractivity (Wildman–Crippen MR) is 91.6 cm³/mol. The van der Waals surface area contributed by atoms with E-state index in [0.29, 0.717) is 5.56 Å². The van der Waals surface area contributed by atoms with Gasteiger partial charge in [-0.15, -0.1) is 0 Å². The molecule has 0 aliphatic heterocycles. The van der Waals surface area contributed by atoms with E-state index in [9.17, 15) is 12.8 Å². The number of halogens is 1. The number of rotatable bonds is 5. The summed E-state index contributed by atoms with van der Waals surface area (Å²) >= 11 is 0. The lowest BCUT2D eigenvalue weighted by atomic mass is 10.1. The van der Waals surface area contributed by atoms with Crippen LogP contribution in [-0.2, 0) is 23.6 Å². The fourth-order valence-electron chi connectivity index (χ4n) is 2.43.